The van der Waals surface area contributed by atoms with E-state index < -0.39 is 0 Å². The summed E-state index contributed by atoms with van der Waals surface area (Å²) in [6.07, 6.45) is 8.72. The van der Waals surface area contributed by atoms with Crippen LogP contribution in [0, 0.1) is 11.3 Å². The van der Waals surface area contributed by atoms with Gasteiger partial charge in [-0.25, -0.2) is 4.68 Å². The third-order valence-electron chi connectivity index (χ3n) is 8.14. The van der Waals surface area contributed by atoms with E-state index in [1.165, 1.54) is 6.20 Å². The van der Waals surface area contributed by atoms with Crippen LogP contribution in [0.2, 0.25) is 15.1 Å². The van der Waals surface area contributed by atoms with E-state index in [0.717, 1.165) is 37.2 Å². The molecule has 1 fully saturated rings. The minimum absolute atomic E-state index is 0.146. The molecule has 230 valence electrons. The van der Waals surface area contributed by atoms with Crippen LogP contribution >= 0.6 is 34.8 Å². The third kappa shape index (κ3) is 6.85. The van der Waals surface area contributed by atoms with E-state index >= 15 is 0 Å². The fourth-order valence-electron chi connectivity index (χ4n) is 5.74. The number of nitrogens with zero attached hydrogens (tertiary/aromatic N) is 7. The normalized spacial score (nSPS) is 15.1. The van der Waals surface area contributed by atoms with Gasteiger partial charge in [-0.15, -0.1) is 5.10 Å². The van der Waals surface area contributed by atoms with Gasteiger partial charge in [0.15, 0.2) is 0 Å². The van der Waals surface area contributed by atoms with E-state index in [2.05, 4.69) is 62.7 Å². The van der Waals surface area contributed by atoms with Crippen molar-refractivity contribution in [1.29, 1.82) is 5.26 Å². The molecule has 0 spiro atoms. The Kier molecular flexibility index (Phi) is 8.85. The maximum atomic E-state index is 9.93. The molecule has 0 aliphatic carbocycles. The van der Waals surface area contributed by atoms with E-state index in [4.69, 9.17) is 34.8 Å². The molecule has 1 atom stereocenters. The molecule has 0 amide bonds. The summed E-state index contributed by atoms with van der Waals surface area (Å²) in [5, 5.41) is 28.2. The number of halogens is 3. The number of piperidine rings is 1. The zero-order valence-corrected chi connectivity index (χ0v) is 27.4. The average Bonchev–Trinajstić information content (AvgIpc) is 3.51. The number of nitrogens with one attached hydrogen (secondary N) is 2. The molecule has 0 bridgehead atoms. The van der Waals surface area contributed by atoms with Gasteiger partial charge >= 0.3 is 0 Å². The van der Waals surface area contributed by atoms with Crippen molar-refractivity contribution in [3.63, 3.8) is 0 Å². The Hall–Kier alpha value is -3.94. The molecule has 12 heteroatoms. The van der Waals surface area contributed by atoms with Crippen LogP contribution in [0.3, 0.4) is 0 Å². The average molecular weight is 661 g/mol. The second kappa shape index (κ2) is 12.8. The lowest BCUT2D eigenvalue weighted by Gasteiger charge is -2.40. The number of pyridine rings is 2. The second-order valence-electron chi connectivity index (χ2n) is 12.2. The molecule has 0 saturated carbocycles. The standard InChI is InChI=1S/C33H32Cl3N9/c1-33(2,3)44-10-8-26(9-11-44)45-19-29(42-43-45)31(20-4-6-22(34)7-5-20)40-24-13-27-30(41-25-12-23(35)17-38-18-25)21(15-37)16-39-32(27)28(36)14-24/h4-7,12-14,16-19,26,31,40H,8-11H2,1-3H3,(H,39,41). The van der Waals surface area contributed by atoms with Gasteiger partial charge < -0.3 is 10.6 Å². The SMILES string of the molecule is CC(C)(C)N1CCC(n2cc(C(Nc3cc(Cl)c4ncc(C#N)c(Nc5cncc(Cl)c5)c4c3)c3ccc(Cl)cc3)nn2)CC1. The Bertz CT molecular complexity index is 1870. The first-order chi connectivity index (χ1) is 21.6. The zero-order chi connectivity index (χ0) is 31.7. The van der Waals surface area contributed by atoms with Crippen LogP contribution in [-0.2, 0) is 0 Å². The van der Waals surface area contributed by atoms with E-state index in [1.54, 1.807) is 18.5 Å². The number of aromatic nitrogens is 5. The summed E-state index contributed by atoms with van der Waals surface area (Å²) in [7, 11) is 0. The summed E-state index contributed by atoms with van der Waals surface area (Å²) in [5.74, 6) is 0. The summed E-state index contributed by atoms with van der Waals surface area (Å²) >= 11 is 19.2. The van der Waals surface area contributed by atoms with Crippen molar-refractivity contribution in [2.75, 3.05) is 23.7 Å². The molecule has 1 aliphatic heterocycles. The van der Waals surface area contributed by atoms with Crippen LogP contribution in [0.1, 0.15) is 62.5 Å². The molecule has 45 heavy (non-hydrogen) atoms. The number of benzene rings is 2. The van der Waals surface area contributed by atoms with Crippen molar-refractivity contribution in [3.05, 3.63) is 99.1 Å². The van der Waals surface area contributed by atoms with Crippen LogP contribution in [-0.4, -0.2) is 48.5 Å². The van der Waals surface area contributed by atoms with Crippen molar-refractivity contribution < 1.29 is 0 Å². The van der Waals surface area contributed by atoms with Gasteiger partial charge in [0, 0.05) is 47.1 Å². The number of rotatable bonds is 7. The predicted octanol–water partition coefficient (Wildman–Crippen LogP) is 8.43. The monoisotopic (exact) mass is 659 g/mol. The number of hydrogen-bond acceptors (Lipinski definition) is 8. The minimum atomic E-state index is -0.361. The minimum Gasteiger partial charge on any atom is -0.373 e. The highest BCUT2D eigenvalue weighted by atomic mass is 35.5. The maximum absolute atomic E-state index is 9.93. The number of hydrogen-bond donors (Lipinski definition) is 2. The number of fused-ring (bicyclic) bond motifs is 1. The smallest absolute Gasteiger partial charge is 0.109 e. The van der Waals surface area contributed by atoms with Crippen molar-refractivity contribution in [2.24, 2.45) is 0 Å². The lowest BCUT2D eigenvalue weighted by molar-refractivity contribution is 0.0866. The van der Waals surface area contributed by atoms with Gasteiger partial charge in [-0.2, -0.15) is 5.26 Å². The van der Waals surface area contributed by atoms with Gasteiger partial charge in [-0.1, -0.05) is 52.1 Å². The first-order valence-corrected chi connectivity index (χ1v) is 15.8. The van der Waals surface area contributed by atoms with Gasteiger partial charge in [0.2, 0.25) is 0 Å². The Morgan fingerprint density at radius 3 is 2.40 bits per heavy atom. The summed E-state index contributed by atoms with van der Waals surface area (Å²) in [6.45, 7) is 8.79. The Labute approximate surface area is 277 Å². The molecule has 0 radical (unpaired) electrons. The second-order valence-corrected chi connectivity index (χ2v) is 13.5. The van der Waals surface area contributed by atoms with Gasteiger partial charge in [0.05, 0.1) is 57.0 Å². The highest BCUT2D eigenvalue weighted by molar-refractivity contribution is 6.36. The lowest BCUT2D eigenvalue weighted by Crippen LogP contribution is -2.46. The third-order valence-corrected chi connectivity index (χ3v) is 8.89. The molecule has 1 aliphatic rings. The Balaban J connectivity index is 1.36. The first-order valence-electron chi connectivity index (χ1n) is 14.7. The molecular formula is C33H32Cl3N9. The number of likely N-dealkylation sites (tertiary alicyclic amines) is 1. The highest BCUT2D eigenvalue weighted by Gasteiger charge is 2.29. The van der Waals surface area contributed by atoms with Crippen molar-refractivity contribution >= 4 is 62.8 Å². The molecule has 5 aromatic rings. The first kappa shape index (κ1) is 31.1. The summed E-state index contributed by atoms with van der Waals surface area (Å²) in [5.41, 5.74) is 4.66. The van der Waals surface area contributed by atoms with Crippen LogP contribution in [0.15, 0.2) is 67.3 Å². The van der Waals surface area contributed by atoms with Crippen LogP contribution < -0.4 is 10.6 Å². The summed E-state index contributed by atoms with van der Waals surface area (Å²) in [6, 6.07) is 15.3. The lowest BCUT2D eigenvalue weighted by atomic mass is 9.98. The maximum Gasteiger partial charge on any atom is 0.109 e. The fourth-order valence-corrected chi connectivity index (χ4v) is 6.31. The van der Waals surface area contributed by atoms with Crippen molar-refractivity contribution in [3.8, 4) is 6.07 Å². The number of nitriles is 1. The van der Waals surface area contributed by atoms with Gasteiger partial charge in [0.25, 0.3) is 0 Å². The van der Waals surface area contributed by atoms with Crippen LogP contribution in [0.4, 0.5) is 17.1 Å². The van der Waals surface area contributed by atoms with Crippen LogP contribution in [0.5, 0.6) is 0 Å². The Morgan fingerprint density at radius 1 is 0.956 bits per heavy atom. The van der Waals surface area contributed by atoms with E-state index in [1.807, 2.05) is 47.3 Å². The van der Waals surface area contributed by atoms with E-state index in [0.29, 0.717) is 48.6 Å². The highest BCUT2D eigenvalue weighted by Crippen LogP contribution is 2.37. The summed E-state index contributed by atoms with van der Waals surface area (Å²) < 4.78 is 2.00. The molecule has 3 aromatic heterocycles. The van der Waals surface area contributed by atoms with Crippen molar-refractivity contribution in [2.45, 2.75) is 51.2 Å². The quantitative estimate of drug-likeness (QED) is 0.179. The Morgan fingerprint density at radius 2 is 1.71 bits per heavy atom. The van der Waals surface area contributed by atoms with Gasteiger partial charge in [0.1, 0.15) is 11.8 Å². The largest absolute Gasteiger partial charge is 0.373 e. The zero-order valence-electron chi connectivity index (χ0n) is 25.1. The fraction of sp³-hybridized carbons (Fsp3) is 0.303. The van der Waals surface area contributed by atoms with Gasteiger partial charge in [-0.3, -0.25) is 14.9 Å². The molecule has 6 rings (SSSR count). The molecule has 2 N–H and O–H groups in total. The summed E-state index contributed by atoms with van der Waals surface area (Å²) in [4.78, 5) is 11.2. The molecule has 9 nitrogen and oxygen atoms in total. The molecule has 1 saturated heterocycles. The van der Waals surface area contributed by atoms with E-state index in [-0.39, 0.29) is 17.6 Å². The molecule has 1 unspecified atom stereocenters. The van der Waals surface area contributed by atoms with Gasteiger partial charge in [-0.05, 0) is 69.5 Å². The topological polar surface area (TPSA) is 108 Å². The molecular weight excluding hydrogens is 629 g/mol. The van der Waals surface area contributed by atoms with Crippen molar-refractivity contribution in [1.82, 2.24) is 29.9 Å². The predicted molar refractivity (Wildman–Crippen MR) is 181 cm³/mol. The molecule has 2 aromatic carbocycles. The molecule has 4 heterocycles. The van der Waals surface area contributed by atoms with Crippen LogP contribution in [0.25, 0.3) is 10.9 Å². The van der Waals surface area contributed by atoms with E-state index in [9.17, 15) is 5.26 Å². The number of anilines is 3.